The maximum absolute atomic E-state index is 12.7. The molecule has 2 aromatic carbocycles. The van der Waals surface area contributed by atoms with Gasteiger partial charge in [0.05, 0.1) is 30.3 Å². The lowest BCUT2D eigenvalue weighted by atomic mass is 9.98. The molecule has 0 aliphatic carbocycles. The third-order valence-electron chi connectivity index (χ3n) is 6.28. The van der Waals surface area contributed by atoms with E-state index >= 15 is 0 Å². The fraction of sp³-hybridized carbons (Fsp3) is 0.533. The van der Waals surface area contributed by atoms with Gasteiger partial charge in [-0.2, -0.15) is 0 Å². The summed E-state index contributed by atoms with van der Waals surface area (Å²) in [6, 6.07) is 17.2. The Morgan fingerprint density at radius 1 is 0.821 bits per heavy atom. The van der Waals surface area contributed by atoms with Crippen molar-refractivity contribution in [1.82, 2.24) is 16.0 Å². The molecular weight excluding hydrogens is 496 g/mol. The molecule has 9 nitrogen and oxygen atoms in total. The van der Waals surface area contributed by atoms with Crippen LogP contribution in [0.1, 0.15) is 45.7 Å². The number of hydrogen-bond acceptors (Lipinski definition) is 7. The van der Waals surface area contributed by atoms with E-state index in [1.54, 1.807) is 20.8 Å². The van der Waals surface area contributed by atoms with Gasteiger partial charge < -0.3 is 36.6 Å². The SMILES string of the molecule is CC(C)[C@H](N)C(=O)N[C@@H](Cc1ccccc1)[C@H](O)CNC[C@@H](O)[C@H](Cc1ccccc1)NC(=O)OC(C)(C)C. The van der Waals surface area contributed by atoms with Gasteiger partial charge in [-0.15, -0.1) is 0 Å². The second-order valence-electron chi connectivity index (χ2n) is 11.3. The van der Waals surface area contributed by atoms with Crippen molar-refractivity contribution in [2.24, 2.45) is 11.7 Å². The van der Waals surface area contributed by atoms with E-state index in [2.05, 4.69) is 16.0 Å². The van der Waals surface area contributed by atoms with Crippen molar-refractivity contribution >= 4 is 12.0 Å². The average Bonchev–Trinajstić information content (AvgIpc) is 2.87. The molecule has 0 fully saturated rings. The van der Waals surface area contributed by atoms with E-state index < -0.39 is 42.0 Å². The number of aliphatic hydroxyl groups excluding tert-OH is 2. The molecule has 39 heavy (non-hydrogen) atoms. The second kappa shape index (κ2) is 15.6. The Morgan fingerprint density at radius 3 is 1.67 bits per heavy atom. The summed E-state index contributed by atoms with van der Waals surface area (Å²) < 4.78 is 5.39. The molecule has 0 heterocycles. The molecule has 0 aliphatic rings. The Kier molecular flexibility index (Phi) is 12.9. The minimum Gasteiger partial charge on any atom is -0.444 e. The van der Waals surface area contributed by atoms with Crippen LogP contribution in [0.5, 0.6) is 0 Å². The molecule has 0 unspecified atom stereocenters. The van der Waals surface area contributed by atoms with E-state index in [9.17, 15) is 19.8 Å². The fourth-order valence-corrected chi connectivity index (χ4v) is 4.01. The summed E-state index contributed by atoms with van der Waals surface area (Å²) in [5.41, 5.74) is 7.26. The van der Waals surface area contributed by atoms with Gasteiger partial charge in [-0.05, 0) is 50.7 Å². The van der Waals surface area contributed by atoms with Crippen LogP contribution in [0.25, 0.3) is 0 Å². The van der Waals surface area contributed by atoms with Gasteiger partial charge in [0.1, 0.15) is 5.60 Å². The summed E-state index contributed by atoms with van der Waals surface area (Å²) in [6.45, 7) is 9.27. The highest BCUT2D eigenvalue weighted by Gasteiger charge is 2.28. The first-order valence-corrected chi connectivity index (χ1v) is 13.6. The number of aliphatic hydroxyl groups is 2. The van der Waals surface area contributed by atoms with Gasteiger partial charge in [-0.25, -0.2) is 4.79 Å². The quantitative estimate of drug-likeness (QED) is 0.214. The molecule has 5 atom stereocenters. The monoisotopic (exact) mass is 542 g/mol. The zero-order valence-corrected chi connectivity index (χ0v) is 23.8. The van der Waals surface area contributed by atoms with Gasteiger partial charge in [0.2, 0.25) is 5.91 Å². The predicted octanol–water partition coefficient (Wildman–Crippen LogP) is 2.14. The van der Waals surface area contributed by atoms with E-state index in [-0.39, 0.29) is 24.9 Å². The molecule has 7 N–H and O–H groups in total. The van der Waals surface area contributed by atoms with Crippen molar-refractivity contribution in [3.05, 3.63) is 71.8 Å². The first kappa shape index (κ1) is 32.2. The standard InChI is InChI=1S/C30H46N4O5/c1-20(2)27(31)28(37)33-23(16-21-12-8-6-9-13-21)25(35)18-32-19-26(36)24(17-22-14-10-7-11-15-22)34-29(38)39-30(3,4)5/h6-15,20,23-27,32,35-36H,16-19,31H2,1-5H3,(H,33,37)(H,34,38)/t23-,24-,25+,26+,27-/m0/s1. The molecule has 0 aromatic heterocycles. The molecule has 2 amide bonds. The second-order valence-corrected chi connectivity index (χ2v) is 11.3. The number of alkyl carbamates (subject to hydrolysis) is 1. The average molecular weight is 543 g/mol. The summed E-state index contributed by atoms with van der Waals surface area (Å²) in [4.78, 5) is 25.1. The Balaban J connectivity index is 2.04. The summed E-state index contributed by atoms with van der Waals surface area (Å²) in [6.07, 6.45) is -1.73. The Morgan fingerprint density at radius 2 is 1.26 bits per heavy atom. The van der Waals surface area contributed by atoms with E-state index in [0.29, 0.717) is 12.8 Å². The number of nitrogens with one attached hydrogen (secondary N) is 3. The van der Waals surface area contributed by atoms with Crippen LogP contribution in [0.3, 0.4) is 0 Å². The van der Waals surface area contributed by atoms with Crippen LogP contribution >= 0.6 is 0 Å². The van der Waals surface area contributed by atoms with Crippen LogP contribution in [-0.4, -0.2) is 71.2 Å². The fourth-order valence-electron chi connectivity index (χ4n) is 4.01. The molecule has 2 rings (SSSR count). The van der Waals surface area contributed by atoms with Crippen molar-refractivity contribution in [1.29, 1.82) is 0 Å². The largest absolute Gasteiger partial charge is 0.444 e. The summed E-state index contributed by atoms with van der Waals surface area (Å²) in [5.74, 6) is -0.374. The highest BCUT2D eigenvalue weighted by molar-refractivity contribution is 5.82. The van der Waals surface area contributed by atoms with Crippen molar-refractivity contribution in [3.8, 4) is 0 Å². The van der Waals surface area contributed by atoms with Gasteiger partial charge >= 0.3 is 6.09 Å². The molecule has 0 radical (unpaired) electrons. The Hall–Kier alpha value is -2.98. The minimum atomic E-state index is -0.971. The number of hydrogen-bond donors (Lipinski definition) is 6. The van der Waals surface area contributed by atoms with Gasteiger partial charge in [-0.3, -0.25) is 4.79 Å². The maximum Gasteiger partial charge on any atom is 0.407 e. The number of ether oxygens (including phenoxy) is 1. The summed E-state index contributed by atoms with van der Waals surface area (Å²) in [5, 5.41) is 30.8. The molecule has 2 aromatic rings. The van der Waals surface area contributed by atoms with E-state index in [4.69, 9.17) is 10.5 Å². The maximum atomic E-state index is 12.7. The lowest BCUT2D eigenvalue weighted by molar-refractivity contribution is -0.124. The molecule has 9 heteroatoms. The van der Waals surface area contributed by atoms with Crippen LogP contribution in [0.15, 0.2) is 60.7 Å². The van der Waals surface area contributed by atoms with Crippen molar-refractivity contribution in [2.75, 3.05) is 13.1 Å². The highest BCUT2D eigenvalue weighted by atomic mass is 16.6. The van der Waals surface area contributed by atoms with E-state index in [1.165, 1.54) is 0 Å². The number of nitrogens with two attached hydrogens (primary N) is 1. The number of carbonyl (C=O) groups excluding carboxylic acids is 2. The van der Waals surface area contributed by atoms with Crippen LogP contribution < -0.4 is 21.7 Å². The molecule has 0 saturated carbocycles. The zero-order chi connectivity index (χ0) is 29.0. The van der Waals surface area contributed by atoms with E-state index in [1.807, 2.05) is 74.5 Å². The lowest BCUT2D eigenvalue weighted by Gasteiger charge is -2.29. The third kappa shape index (κ3) is 12.2. The van der Waals surface area contributed by atoms with E-state index in [0.717, 1.165) is 11.1 Å². The number of rotatable bonds is 14. The van der Waals surface area contributed by atoms with Crippen molar-refractivity contribution in [3.63, 3.8) is 0 Å². The number of carbonyl (C=O) groups is 2. The molecular formula is C30H46N4O5. The van der Waals surface area contributed by atoms with Crippen LogP contribution in [0.4, 0.5) is 4.79 Å². The first-order chi connectivity index (χ1) is 18.4. The third-order valence-corrected chi connectivity index (χ3v) is 6.28. The molecule has 0 bridgehead atoms. The smallest absolute Gasteiger partial charge is 0.407 e. The Labute approximate surface area is 232 Å². The lowest BCUT2D eigenvalue weighted by Crippen LogP contribution is -2.55. The zero-order valence-electron chi connectivity index (χ0n) is 23.8. The molecule has 0 aliphatic heterocycles. The molecule has 0 spiro atoms. The minimum absolute atomic E-state index is 0.0492. The van der Waals surface area contributed by atoms with Gasteiger partial charge in [-0.1, -0.05) is 74.5 Å². The summed E-state index contributed by atoms with van der Waals surface area (Å²) >= 11 is 0. The van der Waals surface area contributed by atoms with Crippen LogP contribution in [-0.2, 0) is 22.4 Å². The predicted molar refractivity (Wildman–Crippen MR) is 153 cm³/mol. The topological polar surface area (TPSA) is 146 Å². The number of amides is 2. The van der Waals surface area contributed by atoms with Gasteiger partial charge in [0.15, 0.2) is 0 Å². The van der Waals surface area contributed by atoms with Gasteiger partial charge in [0, 0.05) is 13.1 Å². The number of benzene rings is 2. The molecule has 216 valence electrons. The van der Waals surface area contributed by atoms with Crippen LogP contribution in [0.2, 0.25) is 0 Å². The first-order valence-electron chi connectivity index (χ1n) is 13.6. The van der Waals surface area contributed by atoms with Crippen molar-refractivity contribution < 1.29 is 24.5 Å². The molecule has 0 saturated heterocycles. The summed E-state index contributed by atoms with van der Waals surface area (Å²) in [7, 11) is 0. The van der Waals surface area contributed by atoms with Crippen molar-refractivity contribution in [2.45, 2.75) is 83.4 Å². The normalized spacial score (nSPS) is 15.6. The Bertz CT molecular complexity index is 997. The van der Waals surface area contributed by atoms with Gasteiger partial charge in [0.25, 0.3) is 0 Å². The van der Waals surface area contributed by atoms with Crippen LogP contribution in [0, 0.1) is 5.92 Å². The highest BCUT2D eigenvalue weighted by Crippen LogP contribution is 2.11.